The van der Waals surface area contributed by atoms with Gasteiger partial charge in [0, 0.05) is 43.8 Å². The van der Waals surface area contributed by atoms with E-state index in [-0.39, 0.29) is 12.1 Å². The maximum absolute atomic E-state index is 12.1. The predicted octanol–water partition coefficient (Wildman–Crippen LogP) is 1.77. The number of carbonyl (C=O) groups is 1. The molecule has 0 unspecified atom stereocenters. The second-order valence-corrected chi connectivity index (χ2v) is 6.31. The van der Waals surface area contributed by atoms with E-state index in [0.29, 0.717) is 0 Å². The number of morpholine rings is 1. The van der Waals surface area contributed by atoms with Crippen molar-refractivity contribution in [3.63, 3.8) is 0 Å². The maximum Gasteiger partial charge on any atom is 0.319 e. The molecular weight excluding hydrogens is 318 g/mol. The van der Waals surface area contributed by atoms with Gasteiger partial charge in [0.15, 0.2) is 0 Å². The van der Waals surface area contributed by atoms with E-state index < -0.39 is 0 Å². The second kappa shape index (κ2) is 8.64. The Balaban J connectivity index is 1.44. The highest BCUT2D eigenvalue weighted by Gasteiger charge is 2.15. The number of carbonyl (C=O) groups excluding carboxylic acids is 1. The summed E-state index contributed by atoms with van der Waals surface area (Å²) in [6, 6.07) is 9.61. The van der Waals surface area contributed by atoms with E-state index >= 15 is 0 Å². The highest BCUT2D eigenvalue weighted by molar-refractivity contribution is 5.89. The van der Waals surface area contributed by atoms with E-state index in [0.717, 1.165) is 50.6 Å². The van der Waals surface area contributed by atoms with Crippen molar-refractivity contribution >= 4 is 11.7 Å². The first-order valence-corrected chi connectivity index (χ1v) is 8.63. The Hall–Kier alpha value is -2.38. The molecule has 0 spiro atoms. The number of ether oxygens (including phenoxy) is 1. The third-order valence-corrected chi connectivity index (χ3v) is 4.13. The number of anilines is 1. The molecule has 7 nitrogen and oxygen atoms in total. The summed E-state index contributed by atoms with van der Waals surface area (Å²) in [5, 5.41) is 10.0. The van der Waals surface area contributed by atoms with Crippen LogP contribution in [0, 0.1) is 0 Å². The van der Waals surface area contributed by atoms with Gasteiger partial charge in [-0.25, -0.2) is 4.79 Å². The van der Waals surface area contributed by atoms with Gasteiger partial charge in [0.05, 0.1) is 19.8 Å². The highest BCUT2D eigenvalue weighted by Crippen LogP contribution is 2.10. The number of benzene rings is 1. The number of rotatable bonds is 6. The topological polar surface area (TPSA) is 71.4 Å². The van der Waals surface area contributed by atoms with Crippen LogP contribution in [0.4, 0.5) is 10.5 Å². The fourth-order valence-electron chi connectivity index (χ4n) is 2.88. The van der Waals surface area contributed by atoms with Crippen LogP contribution in [0.1, 0.15) is 12.5 Å². The summed E-state index contributed by atoms with van der Waals surface area (Å²) in [4.78, 5) is 14.4. The average molecular weight is 343 g/mol. The smallest absolute Gasteiger partial charge is 0.319 e. The third kappa shape index (κ3) is 5.58. The molecule has 1 fully saturated rings. The summed E-state index contributed by atoms with van der Waals surface area (Å²) in [7, 11) is 0. The molecule has 1 saturated heterocycles. The van der Waals surface area contributed by atoms with Gasteiger partial charge in [0.2, 0.25) is 0 Å². The molecule has 1 aliphatic rings. The largest absolute Gasteiger partial charge is 0.379 e. The van der Waals surface area contributed by atoms with E-state index in [1.165, 1.54) is 0 Å². The zero-order chi connectivity index (χ0) is 17.5. The molecule has 7 heteroatoms. The number of nitrogens with one attached hydrogen (secondary N) is 2. The Labute approximate surface area is 148 Å². The molecule has 0 bridgehead atoms. The molecular formula is C18H25N5O2. The Morgan fingerprint density at radius 2 is 2.04 bits per heavy atom. The van der Waals surface area contributed by atoms with Crippen LogP contribution in [0.3, 0.4) is 0 Å². The SMILES string of the molecule is C[C@@H](CN1CCOCC1)NC(=O)Nc1ccc(Cn2cccn2)cc1. The first-order valence-electron chi connectivity index (χ1n) is 8.63. The van der Waals surface area contributed by atoms with Gasteiger partial charge in [-0.3, -0.25) is 9.58 Å². The van der Waals surface area contributed by atoms with Crippen LogP contribution in [-0.2, 0) is 11.3 Å². The molecule has 1 aromatic carbocycles. The fraction of sp³-hybridized carbons (Fsp3) is 0.444. The number of hydrogen-bond acceptors (Lipinski definition) is 4. The van der Waals surface area contributed by atoms with Crippen LogP contribution in [0.25, 0.3) is 0 Å². The van der Waals surface area contributed by atoms with Crippen molar-refractivity contribution in [1.82, 2.24) is 20.0 Å². The maximum atomic E-state index is 12.1. The molecule has 0 aliphatic carbocycles. The van der Waals surface area contributed by atoms with Gasteiger partial charge >= 0.3 is 6.03 Å². The summed E-state index contributed by atoms with van der Waals surface area (Å²) in [6.07, 6.45) is 3.69. The van der Waals surface area contributed by atoms with E-state index in [1.54, 1.807) is 6.20 Å². The molecule has 3 rings (SSSR count). The quantitative estimate of drug-likeness (QED) is 0.839. The average Bonchev–Trinajstić information content (AvgIpc) is 3.10. The van der Waals surface area contributed by atoms with Gasteiger partial charge in [0.25, 0.3) is 0 Å². The van der Waals surface area contributed by atoms with Crippen LogP contribution >= 0.6 is 0 Å². The van der Waals surface area contributed by atoms with E-state index in [4.69, 9.17) is 4.74 Å². The van der Waals surface area contributed by atoms with Gasteiger partial charge in [-0.15, -0.1) is 0 Å². The summed E-state index contributed by atoms with van der Waals surface area (Å²) < 4.78 is 7.20. The molecule has 0 saturated carbocycles. The summed E-state index contributed by atoms with van der Waals surface area (Å²) in [6.45, 7) is 6.95. The van der Waals surface area contributed by atoms with Gasteiger partial charge in [-0.1, -0.05) is 12.1 Å². The molecule has 1 atom stereocenters. The van der Waals surface area contributed by atoms with Crippen molar-refractivity contribution in [1.29, 1.82) is 0 Å². The van der Waals surface area contributed by atoms with Crippen molar-refractivity contribution in [2.24, 2.45) is 0 Å². The Kier molecular flexibility index (Phi) is 6.03. The zero-order valence-electron chi connectivity index (χ0n) is 14.5. The van der Waals surface area contributed by atoms with Gasteiger partial charge in [0.1, 0.15) is 0 Å². The molecule has 1 aliphatic heterocycles. The van der Waals surface area contributed by atoms with Crippen LogP contribution in [-0.4, -0.2) is 59.6 Å². The summed E-state index contributed by atoms with van der Waals surface area (Å²) in [5.74, 6) is 0. The molecule has 2 heterocycles. The zero-order valence-corrected chi connectivity index (χ0v) is 14.5. The minimum atomic E-state index is -0.180. The fourth-order valence-corrected chi connectivity index (χ4v) is 2.88. The molecule has 134 valence electrons. The molecule has 0 radical (unpaired) electrons. The van der Waals surface area contributed by atoms with Gasteiger partial charge < -0.3 is 15.4 Å². The van der Waals surface area contributed by atoms with Crippen LogP contribution in [0.2, 0.25) is 0 Å². The lowest BCUT2D eigenvalue weighted by Gasteiger charge is -2.29. The monoisotopic (exact) mass is 343 g/mol. The predicted molar refractivity (Wildman–Crippen MR) is 96.6 cm³/mol. The Morgan fingerprint density at radius 3 is 2.72 bits per heavy atom. The molecule has 1 aromatic heterocycles. The first kappa shape index (κ1) is 17.4. The number of hydrogen-bond donors (Lipinski definition) is 2. The number of urea groups is 1. The lowest BCUT2D eigenvalue weighted by atomic mass is 10.2. The number of amides is 2. The van der Waals surface area contributed by atoms with Crippen LogP contribution in [0.15, 0.2) is 42.7 Å². The Bertz CT molecular complexity index is 651. The van der Waals surface area contributed by atoms with Gasteiger partial charge in [-0.05, 0) is 30.7 Å². The summed E-state index contributed by atoms with van der Waals surface area (Å²) >= 11 is 0. The van der Waals surface area contributed by atoms with Crippen LogP contribution in [0.5, 0.6) is 0 Å². The number of aromatic nitrogens is 2. The van der Waals surface area contributed by atoms with Crippen molar-refractivity contribution in [2.45, 2.75) is 19.5 Å². The lowest BCUT2D eigenvalue weighted by molar-refractivity contribution is 0.0350. The van der Waals surface area contributed by atoms with Crippen molar-refractivity contribution in [3.8, 4) is 0 Å². The minimum absolute atomic E-state index is 0.0807. The molecule has 25 heavy (non-hydrogen) atoms. The molecule has 2 N–H and O–H groups in total. The minimum Gasteiger partial charge on any atom is -0.379 e. The molecule has 2 amide bonds. The van der Waals surface area contributed by atoms with Crippen molar-refractivity contribution < 1.29 is 9.53 Å². The Morgan fingerprint density at radius 1 is 1.28 bits per heavy atom. The molecule has 2 aromatic rings. The summed E-state index contributed by atoms with van der Waals surface area (Å²) in [5.41, 5.74) is 1.91. The van der Waals surface area contributed by atoms with E-state index in [2.05, 4.69) is 20.6 Å². The second-order valence-electron chi connectivity index (χ2n) is 6.31. The van der Waals surface area contributed by atoms with Crippen molar-refractivity contribution in [3.05, 3.63) is 48.3 Å². The standard InChI is InChI=1S/C18H25N5O2/c1-15(13-22-9-11-25-12-10-22)20-18(24)21-17-5-3-16(4-6-17)14-23-8-2-7-19-23/h2-8,15H,9-14H2,1H3,(H2,20,21,24)/t15-/m0/s1. The highest BCUT2D eigenvalue weighted by atomic mass is 16.5. The number of nitrogens with zero attached hydrogens (tertiary/aromatic N) is 3. The third-order valence-electron chi connectivity index (χ3n) is 4.13. The van der Waals surface area contributed by atoms with E-state index in [1.807, 2.05) is 48.1 Å². The van der Waals surface area contributed by atoms with Gasteiger partial charge in [-0.2, -0.15) is 5.10 Å². The first-order chi connectivity index (χ1) is 12.2. The van der Waals surface area contributed by atoms with Crippen molar-refractivity contribution in [2.75, 3.05) is 38.2 Å². The van der Waals surface area contributed by atoms with Crippen LogP contribution < -0.4 is 10.6 Å². The lowest BCUT2D eigenvalue weighted by Crippen LogP contribution is -2.47. The normalized spacial score (nSPS) is 16.4. The van der Waals surface area contributed by atoms with E-state index in [9.17, 15) is 4.79 Å².